The topological polar surface area (TPSA) is 3.24 Å². The summed E-state index contributed by atoms with van der Waals surface area (Å²) in [5.41, 5.74) is 0.706. The summed E-state index contributed by atoms with van der Waals surface area (Å²) >= 11 is 6.67. The maximum Gasteiger partial charge on any atom is 0.147 e. The standard InChI is InChI=1S/C10H10Br2FN/c11-7-5-9(13)10(6-8(7)12)14-3-1-2-4-14/h5-6H,1-4H2. The molecular formula is C10H10Br2FN. The van der Waals surface area contributed by atoms with E-state index in [1.807, 2.05) is 6.07 Å². The van der Waals surface area contributed by atoms with Crippen LogP contribution in [0.15, 0.2) is 21.1 Å². The van der Waals surface area contributed by atoms with Gasteiger partial charge in [0, 0.05) is 22.0 Å². The van der Waals surface area contributed by atoms with Gasteiger partial charge in [-0.15, -0.1) is 0 Å². The van der Waals surface area contributed by atoms with Gasteiger partial charge in [0.25, 0.3) is 0 Å². The van der Waals surface area contributed by atoms with Crippen molar-refractivity contribution in [2.24, 2.45) is 0 Å². The highest BCUT2D eigenvalue weighted by molar-refractivity contribution is 9.13. The van der Waals surface area contributed by atoms with Gasteiger partial charge in [-0.25, -0.2) is 4.39 Å². The van der Waals surface area contributed by atoms with Gasteiger partial charge in [0.15, 0.2) is 0 Å². The minimum atomic E-state index is -0.151. The van der Waals surface area contributed by atoms with E-state index in [9.17, 15) is 4.39 Å². The first-order valence-electron chi connectivity index (χ1n) is 4.58. The molecule has 0 atom stereocenters. The lowest BCUT2D eigenvalue weighted by atomic mass is 10.3. The molecule has 0 saturated carbocycles. The van der Waals surface area contributed by atoms with Crippen molar-refractivity contribution >= 4 is 37.5 Å². The Balaban J connectivity index is 2.37. The first kappa shape index (κ1) is 10.4. The monoisotopic (exact) mass is 321 g/mol. The molecule has 0 amide bonds. The van der Waals surface area contributed by atoms with E-state index in [-0.39, 0.29) is 5.82 Å². The Labute approximate surface area is 99.5 Å². The zero-order chi connectivity index (χ0) is 10.1. The normalized spacial score (nSPS) is 16.4. The van der Waals surface area contributed by atoms with Crippen LogP contribution in [0, 0.1) is 5.82 Å². The molecule has 2 rings (SSSR count). The molecule has 0 spiro atoms. The lowest BCUT2D eigenvalue weighted by Gasteiger charge is -2.18. The third-order valence-electron chi connectivity index (χ3n) is 2.44. The van der Waals surface area contributed by atoms with Gasteiger partial charge in [-0.05, 0) is 56.8 Å². The Morgan fingerprint density at radius 2 is 1.64 bits per heavy atom. The quantitative estimate of drug-likeness (QED) is 0.708. The zero-order valence-electron chi connectivity index (χ0n) is 7.56. The molecular weight excluding hydrogens is 313 g/mol. The second-order valence-corrected chi connectivity index (χ2v) is 5.12. The van der Waals surface area contributed by atoms with E-state index >= 15 is 0 Å². The Bertz CT molecular complexity index is 348. The summed E-state index contributed by atoms with van der Waals surface area (Å²) in [6, 6.07) is 3.35. The Hall–Kier alpha value is -0.0900. The van der Waals surface area contributed by atoms with E-state index in [0.717, 1.165) is 34.9 Å². The van der Waals surface area contributed by atoms with Gasteiger partial charge < -0.3 is 4.90 Å². The number of rotatable bonds is 1. The molecule has 1 aliphatic rings. The SMILES string of the molecule is Fc1cc(Br)c(Br)cc1N1CCCC1. The highest BCUT2D eigenvalue weighted by Crippen LogP contribution is 2.32. The van der Waals surface area contributed by atoms with Crippen LogP contribution < -0.4 is 4.90 Å². The van der Waals surface area contributed by atoms with Crippen LogP contribution in [0.5, 0.6) is 0 Å². The van der Waals surface area contributed by atoms with Gasteiger partial charge in [0.05, 0.1) is 5.69 Å². The summed E-state index contributed by atoms with van der Waals surface area (Å²) in [4.78, 5) is 2.09. The molecule has 0 aliphatic carbocycles. The van der Waals surface area contributed by atoms with Crippen molar-refractivity contribution in [3.63, 3.8) is 0 Å². The van der Waals surface area contributed by atoms with Gasteiger partial charge in [-0.3, -0.25) is 0 Å². The summed E-state index contributed by atoms with van der Waals surface area (Å²) in [6.45, 7) is 1.93. The van der Waals surface area contributed by atoms with Crippen molar-refractivity contribution in [2.75, 3.05) is 18.0 Å². The minimum Gasteiger partial charge on any atom is -0.369 e. The maximum absolute atomic E-state index is 13.6. The van der Waals surface area contributed by atoms with Crippen molar-refractivity contribution < 1.29 is 4.39 Å². The molecule has 1 nitrogen and oxygen atoms in total. The van der Waals surface area contributed by atoms with Gasteiger partial charge in [-0.2, -0.15) is 0 Å². The van der Waals surface area contributed by atoms with Crippen LogP contribution in [0.25, 0.3) is 0 Å². The van der Waals surface area contributed by atoms with Crippen molar-refractivity contribution in [2.45, 2.75) is 12.8 Å². The van der Waals surface area contributed by atoms with E-state index in [0.29, 0.717) is 5.69 Å². The maximum atomic E-state index is 13.6. The predicted molar refractivity (Wildman–Crippen MR) is 63.2 cm³/mol. The molecule has 1 aliphatic heterocycles. The van der Waals surface area contributed by atoms with Crippen molar-refractivity contribution in [3.8, 4) is 0 Å². The van der Waals surface area contributed by atoms with Gasteiger partial charge in [0.2, 0.25) is 0 Å². The smallest absolute Gasteiger partial charge is 0.147 e. The summed E-state index contributed by atoms with van der Waals surface area (Å²) < 4.78 is 15.3. The Morgan fingerprint density at radius 3 is 2.29 bits per heavy atom. The van der Waals surface area contributed by atoms with Gasteiger partial charge in [-0.1, -0.05) is 0 Å². The van der Waals surface area contributed by atoms with E-state index in [1.54, 1.807) is 0 Å². The fourth-order valence-electron chi connectivity index (χ4n) is 1.71. The number of nitrogens with zero attached hydrogens (tertiary/aromatic N) is 1. The summed E-state index contributed by atoms with van der Waals surface area (Å²) in [5, 5.41) is 0. The molecule has 0 bridgehead atoms. The molecule has 1 aromatic rings. The molecule has 0 aromatic heterocycles. The Morgan fingerprint density at radius 1 is 1.07 bits per heavy atom. The summed E-state index contributed by atoms with van der Waals surface area (Å²) in [7, 11) is 0. The van der Waals surface area contributed by atoms with Crippen LogP contribution in [0.1, 0.15) is 12.8 Å². The largest absolute Gasteiger partial charge is 0.369 e. The number of halogens is 3. The molecule has 1 heterocycles. The average Bonchev–Trinajstić information content (AvgIpc) is 2.64. The lowest BCUT2D eigenvalue weighted by molar-refractivity contribution is 0.622. The zero-order valence-corrected chi connectivity index (χ0v) is 10.7. The molecule has 76 valence electrons. The van der Waals surface area contributed by atoms with Crippen molar-refractivity contribution in [1.29, 1.82) is 0 Å². The third kappa shape index (κ3) is 1.96. The molecule has 0 N–H and O–H groups in total. The fourth-order valence-corrected chi connectivity index (χ4v) is 2.36. The van der Waals surface area contributed by atoms with Crippen molar-refractivity contribution in [3.05, 3.63) is 26.9 Å². The second kappa shape index (κ2) is 4.19. The minimum absolute atomic E-state index is 0.151. The van der Waals surface area contributed by atoms with Crippen LogP contribution in [0.2, 0.25) is 0 Å². The van der Waals surface area contributed by atoms with Crippen LogP contribution >= 0.6 is 31.9 Å². The van der Waals surface area contributed by atoms with Crippen LogP contribution in [0.4, 0.5) is 10.1 Å². The predicted octanol–water partition coefficient (Wildman–Crippen LogP) is 3.95. The number of hydrogen-bond donors (Lipinski definition) is 0. The van der Waals surface area contributed by atoms with E-state index in [4.69, 9.17) is 0 Å². The van der Waals surface area contributed by atoms with Gasteiger partial charge >= 0.3 is 0 Å². The highest BCUT2D eigenvalue weighted by Gasteiger charge is 2.17. The van der Waals surface area contributed by atoms with Crippen molar-refractivity contribution in [1.82, 2.24) is 0 Å². The summed E-state index contributed by atoms with van der Waals surface area (Å²) in [6.07, 6.45) is 2.32. The summed E-state index contributed by atoms with van der Waals surface area (Å²) in [5.74, 6) is -0.151. The second-order valence-electron chi connectivity index (χ2n) is 3.41. The molecule has 0 radical (unpaired) electrons. The molecule has 14 heavy (non-hydrogen) atoms. The molecule has 1 saturated heterocycles. The Kier molecular flexibility index (Phi) is 3.12. The molecule has 1 fully saturated rings. The van der Waals surface area contributed by atoms with E-state index < -0.39 is 0 Å². The third-order valence-corrected chi connectivity index (χ3v) is 4.28. The van der Waals surface area contributed by atoms with Crippen LogP contribution in [0.3, 0.4) is 0 Å². The first-order chi connectivity index (χ1) is 6.68. The molecule has 4 heteroatoms. The molecule has 1 aromatic carbocycles. The van der Waals surface area contributed by atoms with E-state index in [1.165, 1.54) is 6.07 Å². The van der Waals surface area contributed by atoms with Crippen LogP contribution in [-0.4, -0.2) is 13.1 Å². The lowest BCUT2D eigenvalue weighted by Crippen LogP contribution is -2.18. The average molecular weight is 323 g/mol. The highest BCUT2D eigenvalue weighted by atomic mass is 79.9. The number of anilines is 1. The first-order valence-corrected chi connectivity index (χ1v) is 6.16. The van der Waals surface area contributed by atoms with Crippen LogP contribution in [-0.2, 0) is 0 Å². The van der Waals surface area contributed by atoms with E-state index in [2.05, 4.69) is 36.8 Å². The number of hydrogen-bond acceptors (Lipinski definition) is 1. The van der Waals surface area contributed by atoms with Gasteiger partial charge in [0.1, 0.15) is 5.82 Å². The molecule has 0 unspecified atom stereocenters. The number of benzene rings is 1. The fraction of sp³-hybridized carbons (Fsp3) is 0.400.